The van der Waals surface area contributed by atoms with Gasteiger partial charge in [0, 0.05) is 37.1 Å². The fraction of sp³-hybridized carbons (Fsp3) is 0.536. The predicted octanol–water partition coefficient (Wildman–Crippen LogP) is 4.53. The van der Waals surface area contributed by atoms with Crippen LogP contribution in [0, 0.1) is 11.8 Å². The van der Waals surface area contributed by atoms with Crippen LogP contribution in [-0.4, -0.2) is 65.7 Å². The van der Waals surface area contributed by atoms with Gasteiger partial charge in [0.1, 0.15) is 5.02 Å². The molecule has 0 spiro atoms. The van der Waals surface area contributed by atoms with E-state index in [4.69, 9.17) is 30.8 Å². The third kappa shape index (κ3) is 4.95. The second-order valence-corrected chi connectivity index (χ2v) is 11.6. The van der Waals surface area contributed by atoms with Gasteiger partial charge in [-0.3, -0.25) is 4.79 Å². The van der Waals surface area contributed by atoms with Crippen molar-refractivity contribution in [3.05, 3.63) is 39.8 Å². The molecule has 3 fully saturated rings. The van der Waals surface area contributed by atoms with Crippen molar-refractivity contribution in [3.8, 4) is 5.75 Å². The van der Waals surface area contributed by atoms with Crippen LogP contribution in [0.15, 0.2) is 29.2 Å². The summed E-state index contributed by atoms with van der Waals surface area (Å²) in [5.74, 6) is -2.04. The fourth-order valence-electron chi connectivity index (χ4n) is 6.04. The van der Waals surface area contributed by atoms with Crippen molar-refractivity contribution in [2.75, 3.05) is 48.4 Å². The molecule has 2 N–H and O–H groups in total. The first-order chi connectivity index (χ1) is 19.8. The van der Waals surface area contributed by atoms with Crippen molar-refractivity contribution in [1.82, 2.24) is 14.5 Å². The maximum Gasteiger partial charge on any atom is 0.301 e. The number of hydrogen-bond donors (Lipinski definition) is 2. The van der Waals surface area contributed by atoms with Gasteiger partial charge in [0.2, 0.25) is 11.7 Å². The van der Waals surface area contributed by atoms with Crippen molar-refractivity contribution in [2.45, 2.75) is 43.9 Å². The second-order valence-electron chi connectivity index (χ2n) is 11.2. The normalized spacial score (nSPS) is 23.1. The molecule has 218 valence electrons. The van der Waals surface area contributed by atoms with Crippen molar-refractivity contribution < 1.29 is 23.0 Å². The van der Waals surface area contributed by atoms with E-state index in [2.05, 4.69) is 20.5 Å². The van der Waals surface area contributed by atoms with E-state index >= 15 is 0 Å². The molecule has 0 unspecified atom stereocenters. The smallest absolute Gasteiger partial charge is 0.301 e. The molecule has 13 heteroatoms. The molecule has 1 atom stereocenters. The molecule has 3 aliphatic heterocycles. The number of pyridine rings is 1. The van der Waals surface area contributed by atoms with Crippen molar-refractivity contribution in [1.29, 1.82) is 0 Å². The zero-order chi connectivity index (χ0) is 28.3. The minimum absolute atomic E-state index is 0.0980. The van der Waals surface area contributed by atoms with Crippen LogP contribution < -0.4 is 25.8 Å². The minimum Gasteiger partial charge on any atom is -0.480 e. The van der Waals surface area contributed by atoms with E-state index in [1.807, 2.05) is 0 Å². The van der Waals surface area contributed by atoms with Crippen molar-refractivity contribution in [2.24, 2.45) is 18.9 Å². The summed E-state index contributed by atoms with van der Waals surface area (Å²) >= 11 is 6.49. The van der Waals surface area contributed by atoms with Crippen LogP contribution in [0.2, 0.25) is 5.02 Å². The lowest BCUT2D eigenvalue weighted by Gasteiger charge is -2.33. The number of benzene rings is 1. The highest BCUT2D eigenvalue weighted by molar-refractivity contribution is 6.33. The highest BCUT2D eigenvalue weighted by Crippen LogP contribution is 2.45. The number of hydrogen-bond acceptors (Lipinski definition) is 9. The third-order valence-electron chi connectivity index (χ3n) is 8.46. The summed E-state index contributed by atoms with van der Waals surface area (Å²) < 4.78 is 48.2. The number of halogens is 3. The molecule has 5 heterocycles. The lowest BCUT2D eigenvalue weighted by Crippen LogP contribution is -2.44. The molecule has 0 radical (unpaired) electrons. The van der Waals surface area contributed by atoms with Gasteiger partial charge in [0.15, 0.2) is 18.7 Å². The number of ether oxygens (including phenoxy) is 3. The van der Waals surface area contributed by atoms with E-state index in [1.165, 1.54) is 4.57 Å². The minimum atomic E-state index is -3.11. The summed E-state index contributed by atoms with van der Waals surface area (Å²) in [4.78, 5) is 24.3. The van der Waals surface area contributed by atoms with Crippen LogP contribution in [0.4, 0.5) is 31.9 Å². The van der Waals surface area contributed by atoms with Crippen molar-refractivity contribution in [3.63, 3.8) is 0 Å². The molecular formula is C28H31ClF2N6O4. The summed E-state index contributed by atoms with van der Waals surface area (Å²) in [7, 11) is 1.60. The average Bonchev–Trinajstić information content (AvgIpc) is 3.68. The number of fused-ring (bicyclic) bond motifs is 3. The average molecular weight is 589 g/mol. The molecular weight excluding hydrogens is 558 g/mol. The highest BCUT2D eigenvalue weighted by Gasteiger charge is 2.51. The number of nitrogens with one attached hydrogen (secondary N) is 2. The predicted molar refractivity (Wildman–Crippen MR) is 151 cm³/mol. The van der Waals surface area contributed by atoms with Gasteiger partial charge in [0.05, 0.1) is 36.7 Å². The lowest BCUT2D eigenvalue weighted by molar-refractivity contribution is -0.0889. The number of piperidine rings is 1. The molecule has 1 saturated carbocycles. The molecule has 0 amide bonds. The van der Waals surface area contributed by atoms with Gasteiger partial charge in [0.25, 0.3) is 5.56 Å². The number of anilines is 4. The molecule has 0 bridgehead atoms. The Labute approximate surface area is 239 Å². The van der Waals surface area contributed by atoms with Gasteiger partial charge in [-0.15, -0.1) is 0 Å². The Balaban J connectivity index is 1.18. The first-order valence-corrected chi connectivity index (χ1v) is 14.4. The zero-order valence-corrected chi connectivity index (χ0v) is 23.3. The molecule has 41 heavy (non-hydrogen) atoms. The van der Waals surface area contributed by atoms with Crippen LogP contribution in [0.5, 0.6) is 5.75 Å². The third-order valence-corrected chi connectivity index (χ3v) is 8.74. The van der Waals surface area contributed by atoms with Gasteiger partial charge in [-0.05, 0) is 49.8 Å². The molecule has 7 rings (SSSR count). The topological polar surface area (TPSA) is 103 Å². The Morgan fingerprint density at radius 1 is 1.12 bits per heavy atom. The number of rotatable bonds is 5. The molecule has 4 aliphatic rings. The van der Waals surface area contributed by atoms with Crippen LogP contribution in [-0.2, 0) is 16.5 Å². The van der Waals surface area contributed by atoms with Gasteiger partial charge < -0.3 is 34.3 Å². The molecule has 2 saturated heterocycles. The summed E-state index contributed by atoms with van der Waals surface area (Å²) in [6, 6.07) is 4.25. The van der Waals surface area contributed by atoms with Gasteiger partial charge in [-0.25, -0.2) is 13.8 Å². The lowest BCUT2D eigenvalue weighted by atomic mass is 9.96. The maximum absolute atomic E-state index is 15.0. The fourth-order valence-corrected chi connectivity index (χ4v) is 6.18. The first-order valence-electron chi connectivity index (χ1n) is 14.0. The highest BCUT2D eigenvalue weighted by atomic mass is 35.5. The zero-order valence-electron chi connectivity index (χ0n) is 22.5. The maximum atomic E-state index is 15.0. The Bertz CT molecular complexity index is 1540. The van der Waals surface area contributed by atoms with Crippen molar-refractivity contribution >= 4 is 45.6 Å². The van der Waals surface area contributed by atoms with E-state index in [0.717, 1.165) is 25.9 Å². The van der Waals surface area contributed by atoms with Crippen LogP contribution in [0.3, 0.4) is 0 Å². The number of aromatic nitrogens is 3. The van der Waals surface area contributed by atoms with E-state index in [1.54, 1.807) is 31.4 Å². The van der Waals surface area contributed by atoms with Crippen LogP contribution >= 0.6 is 11.6 Å². The largest absolute Gasteiger partial charge is 0.480 e. The Morgan fingerprint density at radius 3 is 2.61 bits per heavy atom. The molecule has 3 aromatic rings. The Morgan fingerprint density at radius 2 is 1.88 bits per heavy atom. The number of aryl methyl sites for hydroxylation is 1. The Kier molecular flexibility index (Phi) is 6.67. The monoisotopic (exact) mass is 588 g/mol. The van der Waals surface area contributed by atoms with Gasteiger partial charge in [-0.2, -0.15) is 4.98 Å². The van der Waals surface area contributed by atoms with Gasteiger partial charge in [-0.1, -0.05) is 11.6 Å². The number of alkyl halides is 2. The summed E-state index contributed by atoms with van der Waals surface area (Å²) in [5, 5.41) is 7.19. The SMILES string of the molecule is Cn1c(=O)c2c(c3cc(Nc4nc(N5CCC(C6OCCO6)CC5)ncc4Cl)ccc31)N[C@@H](C1CC1)C(F)(F)CO2. The Hall–Kier alpha value is -3.22. The molecule has 1 aliphatic carbocycles. The summed E-state index contributed by atoms with van der Waals surface area (Å²) in [6.45, 7) is 1.98. The van der Waals surface area contributed by atoms with E-state index in [-0.39, 0.29) is 23.6 Å². The van der Waals surface area contributed by atoms with Crippen LogP contribution in [0.25, 0.3) is 10.9 Å². The van der Waals surface area contributed by atoms with Gasteiger partial charge >= 0.3 is 5.92 Å². The molecule has 10 nitrogen and oxygen atoms in total. The van der Waals surface area contributed by atoms with Crippen LogP contribution in [0.1, 0.15) is 25.7 Å². The van der Waals surface area contributed by atoms with E-state index < -0.39 is 24.1 Å². The van der Waals surface area contributed by atoms with E-state index in [0.29, 0.717) is 65.4 Å². The summed E-state index contributed by atoms with van der Waals surface area (Å²) in [6.07, 6.45) is 4.68. The van der Waals surface area contributed by atoms with E-state index in [9.17, 15) is 13.6 Å². The summed E-state index contributed by atoms with van der Waals surface area (Å²) in [5.41, 5.74) is 1.03. The number of nitrogens with zero attached hydrogens (tertiary/aromatic N) is 4. The first kappa shape index (κ1) is 26.7. The quantitative estimate of drug-likeness (QED) is 0.445. The molecule has 2 aromatic heterocycles. The molecule has 1 aromatic carbocycles. The second kappa shape index (κ2) is 10.2. The standard InChI is InChI=1S/C28H31ClF2N6O4/c1-36-20-5-4-17(12-18(20)21-22(25(36)38)41-14-28(30,31)23(34-21)15-2-3-15)33-24-19(29)13-32-27(35-24)37-8-6-16(7-9-37)26-39-10-11-40-26/h4-5,12-13,15-16,23,26,34H,2-3,6-11,14H2,1H3,(H,32,33,35)/t23-/m0/s1.